The summed E-state index contributed by atoms with van der Waals surface area (Å²) in [5.41, 5.74) is 0.726. The second kappa shape index (κ2) is 25.3. The van der Waals surface area contributed by atoms with Gasteiger partial charge in [0.05, 0.1) is 0 Å². The van der Waals surface area contributed by atoms with Gasteiger partial charge >= 0.3 is 5.97 Å². The fraction of sp³-hybridized carbons (Fsp3) is 0.659. The van der Waals surface area contributed by atoms with Crippen LogP contribution in [0.3, 0.4) is 0 Å². The van der Waals surface area contributed by atoms with Gasteiger partial charge in [0.1, 0.15) is 42.3 Å². The number of rotatable bonds is 25. The van der Waals surface area contributed by atoms with Gasteiger partial charge in [0.15, 0.2) is 0 Å². The van der Waals surface area contributed by atoms with Gasteiger partial charge < -0.3 is 41.9 Å². The predicted octanol–water partition coefficient (Wildman–Crippen LogP) is 2.23. The van der Waals surface area contributed by atoms with Crippen molar-refractivity contribution >= 4 is 47.3 Å². The molecule has 7 N–H and O–H groups in total. The highest BCUT2D eigenvalue weighted by Crippen LogP contribution is 2.19. The van der Waals surface area contributed by atoms with Crippen LogP contribution in [0.5, 0.6) is 0 Å². The molecule has 1 saturated heterocycles. The molecule has 1 aliphatic heterocycles. The monoisotopic (exact) mass is 799 g/mol. The first-order valence-electron chi connectivity index (χ1n) is 20.4. The van der Waals surface area contributed by atoms with Gasteiger partial charge in [-0.25, -0.2) is 4.79 Å². The van der Waals surface area contributed by atoms with E-state index < -0.39 is 83.7 Å². The molecule has 7 unspecified atom stereocenters. The predicted molar refractivity (Wildman–Crippen MR) is 214 cm³/mol. The van der Waals surface area contributed by atoms with Crippen LogP contribution in [0.2, 0.25) is 0 Å². The van der Waals surface area contributed by atoms with E-state index in [1.54, 1.807) is 30.3 Å². The second-order valence-electron chi connectivity index (χ2n) is 15.1. The van der Waals surface area contributed by atoms with Crippen LogP contribution in [-0.2, 0) is 44.8 Å². The van der Waals surface area contributed by atoms with E-state index in [2.05, 4.69) is 38.8 Å². The first-order valence-corrected chi connectivity index (χ1v) is 20.4. The van der Waals surface area contributed by atoms with Crippen molar-refractivity contribution in [2.45, 2.75) is 167 Å². The van der Waals surface area contributed by atoms with Crippen molar-refractivity contribution in [2.75, 3.05) is 6.54 Å². The number of amides is 7. The molecular formula is C41H65N7O9. The summed E-state index contributed by atoms with van der Waals surface area (Å²) in [5, 5.41) is 25.0. The Bertz CT molecular complexity index is 1510. The minimum Gasteiger partial charge on any atom is -0.480 e. The summed E-state index contributed by atoms with van der Waals surface area (Å²) in [7, 11) is 0. The Morgan fingerprint density at radius 1 is 0.632 bits per heavy atom. The third-order valence-electron chi connectivity index (χ3n) is 10.00. The van der Waals surface area contributed by atoms with Crippen LogP contribution in [-0.4, -0.2) is 106 Å². The summed E-state index contributed by atoms with van der Waals surface area (Å²) in [6.45, 7) is 9.64. The lowest BCUT2D eigenvalue weighted by atomic mass is 10.1. The van der Waals surface area contributed by atoms with E-state index in [1.165, 1.54) is 71.6 Å². The molecular weight excluding hydrogens is 734 g/mol. The Morgan fingerprint density at radius 2 is 1.09 bits per heavy atom. The number of carboxylic acids is 1. The Kier molecular flexibility index (Phi) is 21.3. The number of carbonyl (C=O) groups excluding carboxylic acids is 7. The lowest BCUT2D eigenvalue weighted by Gasteiger charge is -2.28. The molecule has 16 nitrogen and oxygen atoms in total. The van der Waals surface area contributed by atoms with E-state index in [0.29, 0.717) is 19.3 Å². The van der Waals surface area contributed by atoms with Crippen molar-refractivity contribution in [2.24, 2.45) is 0 Å². The normalized spacial score (nSPS) is 16.8. The molecule has 2 rings (SSSR count). The van der Waals surface area contributed by atoms with Crippen LogP contribution in [0.1, 0.15) is 124 Å². The minimum absolute atomic E-state index is 0.0657. The van der Waals surface area contributed by atoms with E-state index in [0.717, 1.165) is 31.2 Å². The highest BCUT2D eigenvalue weighted by molar-refractivity contribution is 5.97. The fourth-order valence-electron chi connectivity index (χ4n) is 6.46. The zero-order valence-electron chi connectivity index (χ0n) is 34.5. The number of carbonyl (C=O) groups is 8. The summed E-state index contributed by atoms with van der Waals surface area (Å²) < 4.78 is 0. The molecule has 0 saturated carbocycles. The zero-order valence-corrected chi connectivity index (χ0v) is 34.5. The van der Waals surface area contributed by atoms with Crippen LogP contribution in [0.4, 0.5) is 0 Å². The number of carboxylic acid groups (broad SMARTS) is 1. The minimum atomic E-state index is -1.21. The van der Waals surface area contributed by atoms with E-state index in [1.807, 2.05) is 0 Å². The molecule has 1 aromatic rings. The van der Waals surface area contributed by atoms with Crippen LogP contribution >= 0.6 is 0 Å². The van der Waals surface area contributed by atoms with Gasteiger partial charge in [-0.1, -0.05) is 88.6 Å². The van der Waals surface area contributed by atoms with Crippen LogP contribution in [0, 0.1) is 0 Å². The van der Waals surface area contributed by atoms with Crippen LogP contribution < -0.4 is 31.9 Å². The number of nitrogens with zero attached hydrogens (tertiary/aromatic N) is 1. The summed E-state index contributed by atoms with van der Waals surface area (Å²) in [6, 6.07) is 1.53. The molecule has 7 atom stereocenters. The van der Waals surface area contributed by atoms with E-state index in [-0.39, 0.29) is 18.9 Å². The molecule has 7 amide bonds. The average molecular weight is 800 g/mol. The van der Waals surface area contributed by atoms with E-state index in [4.69, 9.17) is 0 Å². The molecule has 0 spiro atoms. The third kappa shape index (κ3) is 17.3. The summed E-state index contributed by atoms with van der Waals surface area (Å²) in [5.74, 6) is -5.19. The highest BCUT2D eigenvalue weighted by Gasteiger charge is 2.38. The number of hydrogen-bond donors (Lipinski definition) is 7. The van der Waals surface area contributed by atoms with Crippen molar-refractivity contribution in [3.63, 3.8) is 0 Å². The Labute approximate surface area is 336 Å². The highest BCUT2D eigenvalue weighted by atomic mass is 16.4. The van der Waals surface area contributed by atoms with Crippen molar-refractivity contribution in [1.82, 2.24) is 36.8 Å². The van der Waals surface area contributed by atoms with Crippen LogP contribution in [0.15, 0.2) is 30.3 Å². The molecule has 0 radical (unpaired) electrons. The molecule has 0 bridgehead atoms. The largest absolute Gasteiger partial charge is 0.480 e. The Morgan fingerprint density at radius 3 is 1.58 bits per heavy atom. The second-order valence-corrected chi connectivity index (χ2v) is 15.1. The molecule has 0 aliphatic carbocycles. The number of benzene rings is 1. The van der Waals surface area contributed by atoms with Crippen molar-refractivity contribution in [3.8, 4) is 0 Å². The third-order valence-corrected chi connectivity index (χ3v) is 10.00. The van der Waals surface area contributed by atoms with Crippen LogP contribution in [0.25, 0.3) is 0 Å². The summed E-state index contributed by atoms with van der Waals surface area (Å²) >= 11 is 0. The lowest BCUT2D eigenvalue weighted by Crippen LogP contribution is -2.58. The molecule has 1 aliphatic rings. The first-order chi connectivity index (χ1) is 27.0. The maximum atomic E-state index is 13.4. The van der Waals surface area contributed by atoms with Gasteiger partial charge in [-0.05, 0) is 59.4 Å². The van der Waals surface area contributed by atoms with Gasteiger partial charge in [0, 0.05) is 19.4 Å². The molecule has 1 fully saturated rings. The van der Waals surface area contributed by atoms with Gasteiger partial charge in [-0.3, -0.25) is 33.6 Å². The van der Waals surface area contributed by atoms with Gasteiger partial charge in [-0.2, -0.15) is 0 Å². The number of nitrogens with one attached hydrogen (secondary N) is 6. The van der Waals surface area contributed by atoms with E-state index in [9.17, 15) is 43.5 Å². The summed E-state index contributed by atoms with van der Waals surface area (Å²) in [6.07, 6.45) is 11.3. The quantitative estimate of drug-likeness (QED) is 0.0718. The molecule has 1 aromatic carbocycles. The van der Waals surface area contributed by atoms with E-state index >= 15 is 0 Å². The number of aliphatic carboxylic acids is 1. The molecule has 57 heavy (non-hydrogen) atoms. The average Bonchev–Trinajstić information content (AvgIpc) is 3.67. The SMILES string of the molecule is CCCCCCCCCCCC(=O)NC(C)C(=O)NC(C)C(=O)NC(C)C(=O)NC(C)C(=O)NC(C)C(=O)N1CCCC1C(=O)NC(Cc1ccccc1)C(=O)O. The number of unbranched alkanes of at least 4 members (excludes halogenated alkanes) is 8. The molecule has 0 aromatic heterocycles. The maximum Gasteiger partial charge on any atom is 0.326 e. The van der Waals surface area contributed by atoms with Gasteiger partial charge in [-0.15, -0.1) is 0 Å². The lowest BCUT2D eigenvalue weighted by molar-refractivity contribution is -0.144. The Balaban J connectivity index is 1.76. The molecule has 318 valence electrons. The summed E-state index contributed by atoms with van der Waals surface area (Å²) in [4.78, 5) is 103. The molecule has 1 heterocycles. The van der Waals surface area contributed by atoms with Crippen molar-refractivity contribution in [1.29, 1.82) is 0 Å². The first kappa shape index (κ1) is 48.1. The number of hydrogen-bond acceptors (Lipinski definition) is 8. The van der Waals surface area contributed by atoms with Gasteiger partial charge in [0.25, 0.3) is 0 Å². The topological polar surface area (TPSA) is 232 Å². The standard InChI is InChI=1S/C41H65N7O9/c1-7-8-9-10-11-12-13-14-18-23-34(49)42-26(2)35(50)43-27(3)36(51)44-28(4)37(52)45-29(5)38(53)46-30(6)40(55)48-24-19-22-33(48)39(54)47-32(41(56)57)25-31-20-16-15-17-21-31/h15-17,20-21,26-30,32-33H,7-14,18-19,22-25H2,1-6H3,(H,42,49)(H,43,50)(H,44,51)(H,45,52)(H,46,53)(H,47,54)(H,56,57). The smallest absolute Gasteiger partial charge is 0.326 e. The Hall–Kier alpha value is -5.02. The fourth-order valence-corrected chi connectivity index (χ4v) is 6.46. The number of likely N-dealkylation sites (tertiary alicyclic amines) is 1. The zero-order chi connectivity index (χ0) is 42.5. The van der Waals surface area contributed by atoms with Crippen molar-refractivity contribution < 1.29 is 43.5 Å². The molecule has 16 heteroatoms. The van der Waals surface area contributed by atoms with Crippen molar-refractivity contribution in [3.05, 3.63) is 35.9 Å². The van der Waals surface area contributed by atoms with Gasteiger partial charge in [0.2, 0.25) is 41.4 Å². The maximum absolute atomic E-state index is 13.4.